The molecule has 8 aromatic heterocycles. The third-order valence-corrected chi connectivity index (χ3v) is 24.0. The Balaban J connectivity index is 0. The van der Waals surface area contributed by atoms with Crippen LogP contribution in [-0.2, 0) is 129 Å². The van der Waals surface area contributed by atoms with E-state index in [0.717, 1.165) is 248 Å². The summed E-state index contributed by atoms with van der Waals surface area (Å²) < 4.78 is 10.0. The van der Waals surface area contributed by atoms with Gasteiger partial charge in [-0.2, -0.15) is 0 Å². The number of hydrogen-bond acceptors (Lipinski definition) is 21. The number of halogens is 3. The van der Waals surface area contributed by atoms with Crippen LogP contribution in [0.2, 0.25) is 15.1 Å². The zero-order valence-corrected chi connectivity index (χ0v) is 91.4. The van der Waals surface area contributed by atoms with Crippen molar-refractivity contribution < 1.29 is 120 Å². The number of aromatic nitrogens is 8. The Kier molecular flexibility index (Phi) is 72.3. The third-order valence-electron chi connectivity index (χ3n) is 23.3. The number of fused-ring (bicyclic) bond motifs is 3. The van der Waals surface area contributed by atoms with Crippen molar-refractivity contribution in [3.05, 3.63) is 354 Å². The van der Waals surface area contributed by atoms with Crippen LogP contribution in [0.4, 0.5) is 0 Å². The van der Waals surface area contributed by atoms with E-state index in [9.17, 15) is 28.8 Å². The fraction of sp³-hybridized carbons (Fsp3) is 0.313. The number of unbranched alkanes of at least 4 members (excludes halogenated alkanes) is 12. The predicted molar refractivity (Wildman–Crippen MR) is 580 cm³/mol. The van der Waals surface area contributed by atoms with Crippen molar-refractivity contribution in [2.24, 2.45) is 5.73 Å². The molecule has 0 spiro atoms. The second-order valence-corrected chi connectivity index (χ2v) is 34.6. The first-order valence-corrected chi connectivity index (χ1v) is 47.6. The van der Waals surface area contributed by atoms with E-state index in [2.05, 4.69) is 118 Å². The van der Waals surface area contributed by atoms with Crippen molar-refractivity contribution in [1.82, 2.24) is 48.4 Å². The van der Waals surface area contributed by atoms with Gasteiger partial charge < -0.3 is 55.7 Å². The van der Waals surface area contributed by atoms with Gasteiger partial charge in [-0.15, -0.1) is 0 Å². The number of carbonyl (C=O) groups is 6. The molecule has 14 rings (SSSR count). The zero-order valence-electron chi connectivity index (χ0n) is 83.7. The molecule has 2 radical (unpaired) electrons. The van der Waals surface area contributed by atoms with Crippen LogP contribution in [0, 0.1) is 41.5 Å². The largest absolute Gasteiger partial charge is 0.545 e. The molecule has 0 saturated heterocycles. The number of ether oxygens (including phenoxy) is 1. The smallest absolute Gasteiger partial charge is 0.262 e. The molecular weight excluding hydrogens is 2270 g/mol. The zero-order chi connectivity index (χ0) is 103. The van der Waals surface area contributed by atoms with Crippen molar-refractivity contribution in [2.45, 2.75) is 210 Å². The fourth-order valence-corrected chi connectivity index (χ4v) is 16.8. The van der Waals surface area contributed by atoms with Gasteiger partial charge in [-0.3, -0.25) is 113 Å². The summed E-state index contributed by atoms with van der Waals surface area (Å²) in [5.41, 5.74) is 22.6. The molecule has 788 valence electrons. The summed E-state index contributed by atoms with van der Waals surface area (Å²) in [5, 5.41) is 4.71. The molecule has 0 saturated carbocycles. The molecule has 6 aromatic carbocycles. The van der Waals surface area contributed by atoms with E-state index in [1.807, 2.05) is 163 Å². The van der Waals surface area contributed by atoms with Crippen molar-refractivity contribution in [1.29, 1.82) is 0 Å². The Labute approximate surface area is 907 Å². The van der Waals surface area contributed by atoms with Crippen molar-refractivity contribution in [3.8, 4) is 5.88 Å². The SMILES string of the molecule is C.COc1ccccn1.Cc1ccc2c(c1)c(CC(=O)CCCCCCCN(Cc1ccccn1)Cc1ccccn1)c(C)n2C(=O)c1ccc(Cl)cc1.Cc1ccc2c(c1)c(CC(=O)CCCCCCCN(Cc1ccccn1)Cc1ccccn1)c(C)n2C(=O)c1ccc(Cl)cc1.Cc1ccc2c(c1)c(CC(=O)CCCCCCCN)c(C)n2C(=O)c1ccc(Cl)cc1.O.O.O.[CH-]=O.[CH-]=O.[CH-]=O.[CH-]=O.[CH-]=O.[CH-]=O.[Re].[Re]. The second kappa shape index (κ2) is 77.8. The molecule has 0 fully saturated rings. The van der Waals surface area contributed by atoms with Gasteiger partial charge in [0, 0.05) is 208 Å². The summed E-state index contributed by atoms with van der Waals surface area (Å²) in [6.45, 7) is 37.3. The van der Waals surface area contributed by atoms with Crippen LogP contribution in [0.1, 0.15) is 227 Å². The summed E-state index contributed by atoms with van der Waals surface area (Å²) in [5.74, 6) is 0.977. The van der Waals surface area contributed by atoms with E-state index < -0.39 is 0 Å². The minimum Gasteiger partial charge on any atom is -0.545 e. The normalized spacial score (nSPS) is 9.97. The van der Waals surface area contributed by atoms with Gasteiger partial charge in [0.25, 0.3) is 17.7 Å². The van der Waals surface area contributed by atoms with E-state index in [4.69, 9.17) is 74.0 Å². The van der Waals surface area contributed by atoms with E-state index >= 15 is 0 Å². The summed E-state index contributed by atoms with van der Waals surface area (Å²) >= 11 is 18.1. The summed E-state index contributed by atoms with van der Waals surface area (Å²) in [4.78, 5) is 153. The number of nitrogens with two attached hydrogens (primary N) is 1. The molecular formula is C115H136Cl3N11O16Re2-6. The van der Waals surface area contributed by atoms with Gasteiger partial charge in [0.1, 0.15) is 17.3 Å². The standard InChI is InChI=1S/2C38H41ClN4O2.C26H31ClN2O2.C6H7NO.6CHO.CH4.3H2O.2Re/c2*1-28-15-20-37-36(24-28)35(29(2)43(37)38(45)30-16-18-31(39)19-17-30)25-34(44)14-6-4-3-5-11-23-42(26-32-12-7-9-21-40-32)27-33-13-8-10-22-41-33;1-18-9-14-25-24(16-18)23(17-22(30)8-6-4-3-5-7-15-28)19(2)29(25)26(31)20-10-12-21(27)13-11-20;1-8-6-4-2-3-5-7-6;6*1-2;;;;;;/h2*7-10,12-13,15-22,24H,3-6,11,14,23,25-27H2,1-2H3;9-14,16H,3-8,15,17,28H2,1-2H3;2-5H,1H3;6*1H;1H4;3*1H2;;/q;;;;6*-1;;;;;;. The van der Waals surface area contributed by atoms with Gasteiger partial charge in [-0.1, -0.05) is 165 Å². The topological polar surface area (TPSA) is 420 Å². The minimum atomic E-state index is -0.115. The molecule has 147 heavy (non-hydrogen) atoms. The molecule has 0 amide bonds. The predicted octanol–water partition coefficient (Wildman–Crippen LogP) is 20.7. The number of nitrogens with zero attached hydrogens (tertiary/aromatic N) is 10. The van der Waals surface area contributed by atoms with E-state index in [1.54, 1.807) is 106 Å². The molecule has 0 aliphatic rings. The second-order valence-electron chi connectivity index (χ2n) is 33.3. The van der Waals surface area contributed by atoms with Crippen LogP contribution in [0.25, 0.3) is 32.7 Å². The summed E-state index contributed by atoms with van der Waals surface area (Å²) in [6, 6.07) is 68.7. The van der Waals surface area contributed by atoms with E-state index in [1.165, 1.54) is 0 Å². The van der Waals surface area contributed by atoms with Crippen LogP contribution in [0.15, 0.2) is 249 Å². The molecule has 0 bridgehead atoms. The average molecular weight is 2410 g/mol. The van der Waals surface area contributed by atoms with Crippen LogP contribution >= 0.6 is 34.8 Å². The molecule has 8 heterocycles. The Hall–Kier alpha value is -12.5. The first kappa shape index (κ1) is 137. The number of methoxy groups -OCH3 is 1. The van der Waals surface area contributed by atoms with Gasteiger partial charge in [-0.25, -0.2) is 4.98 Å². The summed E-state index contributed by atoms with van der Waals surface area (Å²) in [6.07, 6.45) is 27.5. The van der Waals surface area contributed by atoms with Crippen LogP contribution in [0.5, 0.6) is 5.88 Å². The van der Waals surface area contributed by atoms with Gasteiger partial charge in [0.2, 0.25) is 5.88 Å². The fourth-order valence-electron chi connectivity index (χ4n) is 16.4. The number of pyridine rings is 5. The minimum absolute atomic E-state index is 0. The number of aryl methyl sites for hydroxylation is 3. The number of ketones is 3. The van der Waals surface area contributed by atoms with E-state index in [0.29, 0.717) is 76.2 Å². The molecule has 14 aromatic rings. The van der Waals surface area contributed by atoms with Crippen molar-refractivity contribution in [3.63, 3.8) is 0 Å². The molecule has 27 nitrogen and oxygen atoms in total. The van der Waals surface area contributed by atoms with Gasteiger partial charge in [0.15, 0.2) is 0 Å². The van der Waals surface area contributed by atoms with Gasteiger partial charge in [-0.05, 0) is 280 Å². The van der Waals surface area contributed by atoms with Gasteiger partial charge >= 0.3 is 0 Å². The molecule has 0 unspecified atom stereocenters. The Morgan fingerprint density at radius 1 is 0.320 bits per heavy atom. The average Bonchev–Trinajstić information content (AvgIpc) is 1.62. The number of benzene rings is 6. The van der Waals surface area contributed by atoms with Crippen molar-refractivity contribution in [2.75, 3.05) is 26.7 Å². The van der Waals surface area contributed by atoms with Crippen molar-refractivity contribution >= 4 is 143 Å². The Morgan fingerprint density at radius 3 is 0.782 bits per heavy atom. The number of Topliss-reactive ketones (excluding diaryl/α,β-unsaturated/α-hetero) is 3. The molecule has 0 aliphatic carbocycles. The number of hydrogen-bond donors (Lipinski definition) is 1. The Bertz CT molecular complexity index is 5760. The maximum absolute atomic E-state index is 13.5. The Morgan fingerprint density at radius 2 is 0.558 bits per heavy atom. The molecule has 8 N–H and O–H groups in total. The number of carbonyl (C=O) groups excluding carboxylic acids is 12. The number of rotatable bonds is 41. The maximum Gasteiger partial charge on any atom is 0.262 e. The van der Waals surface area contributed by atoms with E-state index in [-0.39, 0.29) is 99.8 Å². The molecule has 0 aliphatic heterocycles. The first-order chi connectivity index (χ1) is 68.6. The van der Waals surface area contributed by atoms with Crippen LogP contribution in [0.3, 0.4) is 0 Å². The maximum atomic E-state index is 13.5. The summed E-state index contributed by atoms with van der Waals surface area (Å²) in [7, 11) is 1.60. The quantitative estimate of drug-likeness (QED) is 0.0211. The van der Waals surface area contributed by atoms with Crippen LogP contribution in [-0.4, -0.2) is 167 Å². The first-order valence-electron chi connectivity index (χ1n) is 46.5. The monoisotopic (exact) mass is 2410 g/mol. The molecule has 32 heteroatoms. The van der Waals surface area contributed by atoms with Crippen LogP contribution < -0.4 is 10.5 Å². The van der Waals surface area contributed by atoms with Gasteiger partial charge in [0.05, 0.1) is 46.4 Å². The molecule has 0 atom stereocenters. The third kappa shape index (κ3) is 45.0.